The van der Waals surface area contributed by atoms with Crippen molar-refractivity contribution in [3.05, 3.63) is 83.4 Å². The van der Waals surface area contributed by atoms with Crippen LogP contribution in [-0.4, -0.2) is 46.9 Å². The Morgan fingerprint density at radius 1 is 1.12 bits per heavy atom. The monoisotopic (exact) mass is 430 g/mol. The van der Waals surface area contributed by atoms with Crippen LogP contribution in [0, 0.1) is 6.92 Å². The van der Waals surface area contributed by atoms with Crippen molar-refractivity contribution < 1.29 is 14.3 Å². The van der Waals surface area contributed by atoms with Gasteiger partial charge in [-0.15, -0.1) is 0 Å². The topological polar surface area (TPSA) is 84.4 Å². The molecule has 3 aromatic rings. The van der Waals surface area contributed by atoms with Gasteiger partial charge in [0.25, 0.3) is 5.91 Å². The van der Waals surface area contributed by atoms with Crippen LogP contribution in [0.5, 0.6) is 5.75 Å². The Kier molecular flexibility index (Phi) is 6.44. The van der Waals surface area contributed by atoms with Gasteiger partial charge in [0.2, 0.25) is 5.91 Å². The minimum Gasteiger partial charge on any atom is -0.497 e. The number of amides is 2. The lowest BCUT2D eigenvalue weighted by Gasteiger charge is -2.16. The van der Waals surface area contributed by atoms with Crippen molar-refractivity contribution in [2.24, 2.45) is 0 Å². The second-order valence-corrected chi connectivity index (χ2v) is 7.90. The Morgan fingerprint density at radius 3 is 2.56 bits per heavy atom. The zero-order chi connectivity index (χ0) is 22.5. The van der Waals surface area contributed by atoms with E-state index in [0.717, 1.165) is 17.7 Å². The molecule has 32 heavy (non-hydrogen) atoms. The predicted molar refractivity (Wildman–Crippen MR) is 122 cm³/mol. The summed E-state index contributed by atoms with van der Waals surface area (Å²) in [5.41, 5.74) is 2.73. The van der Waals surface area contributed by atoms with E-state index in [4.69, 9.17) is 4.74 Å². The van der Waals surface area contributed by atoms with Crippen molar-refractivity contribution in [1.29, 1.82) is 0 Å². The second kappa shape index (κ2) is 9.60. The molecule has 1 aliphatic rings. The lowest BCUT2D eigenvalue weighted by atomic mass is 10.1. The maximum absolute atomic E-state index is 12.7. The molecular formula is C25H26N4O3. The van der Waals surface area contributed by atoms with Gasteiger partial charge in [0, 0.05) is 30.9 Å². The number of nitrogens with zero attached hydrogens (tertiary/aromatic N) is 3. The molecule has 0 saturated carbocycles. The Bertz CT molecular complexity index is 1100. The number of carbonyl (C=O) groups is 2. The highest BCUT2D eigenvalue weighted by molar-refractivity contribution is 6.04. The number of hydrogen-bond donors (Lipinski definition) is 1. The average Bonchev–Trinajstić information content (AvgIpc) is 3.31. The summed E-state index contributed by atoms with van der Waals surface area (Å²) in [5.74, 6) is 1.33. The molecule has 0 unspecified atom stereocenters. The Balaban J connectivity index is 1.38. The highest BCUT2D eigenvalue weighted by Crippen LogP contribution is 2.26. The predicted octanol–water partition coefficient (Wildman–Crippen LogP) is 3.60. The molecule has 2 heterocycles. The molecule has 164 valence electrons. The summed E-state index contributed by atoms with van der Waals surface area (Å²) < 4.78 is 5.13. The van der Waals surface area contributed by atoms with Crippen LogP contribution in [0.4, 0.5) is 5.69 Å². The van der Waals surface area contributed by atoms with E-state index in [-0.39, 0.29) is 17.7 Å². The maximum atomic E-state index is 12.7. The summed E-state index contributed by atoms with van der Waals surface area (Å²) in [6.45, 7) is 3.10. The zero-order valence-corrected chi connectivity index (χ0v) is 18.2. The molecule has 1 saturated heterocycles. The van der Waals surface area contributed by atoms with Crippen LogP contribution in [0.2, 0.25) is 0 Å². The van der Waals surface area contributed by atoms with Crippen LogP contribution in [-0.2, 0) is 11.2 Å². The number of rotatable bonds is 6. The van der Waals surface area contributed by atoms with Crippen molar-refractivity contribution >= 4 is 17.5 Å². The third-order valence-corrected chi connectivity index (χ3v) is 5.69. The molecule has 0 radical (unpaired) electrons. The van der Waals surface area contributed by atoms with E-state index in [0.29, 0.717) is 42.3 Å². The number of ether oxygens (including phenoxy) is 1. The Morgan fingerprint density at radius 2 is 1.88 bits per heavy atom. The van der Waals surface area contributed by atoms with Crippen molar-refractivity contribution in [2.75, 3.05) is 25.5 Å². The fraction of sp³-hybridized carbons (Fsp3) is 0.280. The van der Waals surface area contributed by atoms with Gasteiger partial charge in [-0.25, -0.2) is 9.97 Å². The summed E-state index contributed by atoms with van der Waals surface area (Å²) >= 11 is 0. The number of hydrogen-bond acceptors (Lipinski definition) is 5. The SMILES string of the molecule is COc1ccc(NC(=O)c2cnc([C@H]3CCN(C(=O)Cc4ccccc4)C3)nc2C)cc1. The van der Waals surface area contributed by atoms with Crippen molar-refractivity contribution in [3.8, 4) is 5.75 Å². The number of aryl methyl sites for hydroxylation is 1. The van der Waals surface area contributed by atoms with Crippen LogP contribution in [0.1, 0.15) is 39.8 Å². The van der Waals surface area contributed by atoms with Crippen molar-refractivity contribution in [1.82, 2.24) is 14.9 Å². The molecule has 1 atom stereocenters. The minimum absolute atomic E-state index is 0.0760. The number of benzene rings is 2. The summed E-state index contributed by atoms with van der Waals surface area (Å²) in [7, 11) is 1.60. The third kappa shape index (κ3) is 4.94. The molecule has 0 aliphatic carbocycles. The number of carbonyl (C=O) groups excluding carboxylic acids is 2. The highest BCUT2D eigenvalue weighted by Gasteiger charge is 2.29. The fourth-order valence-corrected chi connectivity index (χ4v) is 3.86. The molecule has 1 aromatic heterocycles. The first-order chi connectivity index (χ1) is 15.5. The molecular weight excluding hydrogens is 404 g/mol. The summed E-state index contributed by atoms with van der Waals surface area (Å²) in [4.78, 5) is 36.2. The average molecular weight is 431 g/mol. The van der Waals surface area contributed by atoms with E-state index >= 15 is 0 Å². The minimum atomic E-state index is -0.259. The Hall–Kier alpha value is -3.74. The first-order valence-corrected chi connectivity index (χ1v) is 10.6. The van der Waals surface area contributed by atoms with E-state index in [9.17, 15) is 9.59 Å². The number of likely N-dealkylation sites (tertiary alicyclic amines) is 1. The molecule has 4 rings (SSSR count). The van der Waals surface area contributed by atoms with Crippen molar-refractivity contribution in [3.63, 3.8) is 0 Å². The van der Waals surface area contributed by atoms with Gasteiger partial charge in [-0.1, -0.05) is 30.3 Å². The van der Waals surface area contributed by atoms with E-state index in [1.807, 2.05) is 35.2 Å². The smallest absolute Gasteiger partial charge is 0.259 e. The standard InChI is InChI=1S/C25H26N4O3/c1-17-22(25(31)28-20-8-10-21(32-2)11-9-20)15-26-24(27-17)19-12-13-29(16-19)23(30)14-18-6-4-3-5-7-18/h3-11,15,19H,12-14,16H2,1-2H3,(H,28,31)/t19-/m0/s1. The number of methoxy groups -OCH3 is 1. The molecule has 1 aliphatic heterocycles. The van der Waals surface area contributed by atoms with E-state index in [1.54, 1.807) is 44.5 Å². The van der Waals surface area contributed by atoms with Crippen LogP contribution in [0.3, 0.4) is 0 Å². The molecule has 1 N–H and O–H groups in total. The highest BCUT2D eigenvalue weighted by atomic mass is 16.5. The van der Waals surface area contributed by atoms with Gasteiger partial charge >= 0.3 is 0 Å². The third-order valence-electron chi connectivity index (χ3n) is 5.69. The summed E-state index contributed by atoms with van der Waals surface area (Å²) in [6, 6.07) is 16.9. The molecule has 0 spiro atoms. The number of aromatic nitrogens is 2. The van der Waals surface area contributed by atoms with Crippen LogP contribution in [0.25, 0.3) is 0 Å². The molecule has 1 fully saturated rings. The van der Waals surface area contributed by atoms with Gasteiger partial charge in [-0.3, -0.25) is 9.59 Å². The molecule has 2 aromatic carbocycles. The normalized spacial score (nSPS) is 15.4. The van der Waals surface area contributed by atoms with Crippen LogP contribution in [0.15, 0.2) is 60.8 Å². The van der Waals surface area contributed by atoms with Gasteiger partial charge in [0.1, 0.15) is 11.6 Å². The van der Waals surface area contributed by atoms with Crippen LogP contribution < -0.4 is 10.1 Å². The maximum Gasteiger partial charge on any atom is 0.259 e. The largest absolute Gasteiger partial charge is 0.497 e. The van der Waals surface area contributed by atoms with Gasteiger partial charge in [-0.2, -0.15) is 0 Å². The van der Waals surface area contributed by atoms with Crippen LogP contribution >= 0.6 is 0 Å². The van der Waals surface area contributed by atoms with Gasteiger partial charge in [0.15, 0.2) is 0 Å². The first-order valence-electron chi connectivity index (χ1n) is 10.6. The van der Waals surface area contributed by atoms with Gasteiger partial charge in [0.05, 0.1) is 24.8 Å². The zero-order valence-electron chi connectivity index (χ0n) is 18.2. The Labute approximate surface area is 187 Å². The lowest BCUT2D eigenvalue weighted by molar-refractivity contribution is -0.129. The quantitative estimate of drug-likeness (QED) is 0.646. The van der Waals surface area contributed by atoms with Gasteiger partial charge in [-0.05, 0) is 43.2 Å². The second-order valence-electron chi connectivity index (χ2n) is 7.90. The summed E-state index contributed by atoms with van der Waals surface area (Å²) in [5, 5.41) is 2.86. The molecule has 7 heteroatoms. The molecule has 7 nitrogen and oxygen atoms in total. The molecule has 2 amide bonds. The lowest BCUT2D eigenvalue weighted by Crippen LogP contribution is -2.30. The van der Waals surface area contributed by atoms with Crippen molar-refractivity contribution in [2.45, 2.75) is 25.7 Å². The van der Waals surface area contributed by atoms with E-state index in [1.165, 1.54) is 0 Å². The van der Waals surface area contributed by atoms with E-state index in [2.05, 4.69) is 15.3 Å². The van der Waals surface area contributed by atoms with E-state index < -0.39 is 0 Å². The first kappa shape index (κ1) is 21.5. The molecule has 0 bridgehead atoms. The number of anilines is 1. The number of nitrogens with one attached hydrogen (secondary N) is 1. The fourth-order valence-electron chi connectivity index (χ4n) is 3.86. The van der Waals surface area contributed by atoms with Gasteiger partial charge < -0.3 is 15.0 Å². The summed E-state index contributed by atoms with van der Waals surface area (Å²) in [6.07, 6.45) is 2.79.